The fourth-order valence-corrected chi connectivity index (χ4v) is 3.05. The maximum absolute atomic E-state index is 12.6. The van der Waals surface area contributed by atoms with Crippen molar-refractivity contribution in [3.63, 3.8) is 0 Å². The molecule has 6 heteroatoms. The number of carbonyl (C=O) groups excluding carboxylic acids is 1. The van der Waals surface area contributed by atoms with Crippen LogP contribution in [-0.4, -0.2) is 61.1 Å². The van der Waals surface area contributed by atoms with Crippen molar-refractivity contribution in [3.8, 4) is 11.3 Å². The third-order valence-electron chi connectivity index (χ3n) is 4.69. The molecule has 1 aromatic heterocycles. The maximum Gasteiger partial charge on any atom is 0.232 e. The Kier molecular flexibility index (Phi) is 7.85. The average Bonchev–Trinajstić information content (AvgIpc) is 3.09. The molecule has 148 valence electrons. The Morgan fingerprint density at radius 2 is 1.70 bits per heavy atom. The lowest BCUT2D eigenvalue weighted by molar-refractivity contribution is -0.131. The Bertz CT molecular complexity index is 708. The number of hydrogen-bond donors (Lipinski definition) is 0. The van der Waals surface area contributed by atoms with Crippen LogP contribution in [0.2, 0.25) is 0 Å². The van der Waals surface area contributed by atoms with Crippen LogP contribution in [0.15, 0.2) is 34.9 Å². The van der Waals surface area contributed by atoms with Gasteiger partial charge in [-0.1, -0.05) is 42.4 Å². The predicted octanol–water partition coefficient (Wildman–Crippen LogP) is 3.49. The largest absolute Gasteiger partial charge is 0.341 e. The molecule has 0 aliphatic carbocycles. The molecule has 0 saturated carbocycles. The van der Waals surface area contributed by atoms with Crippen LogP contribution in [0.25, 0.3) is 11.3 Å². The van der Waals surface area contributed by atoms with Gasteiger partial charge in [-0.3, -0.25) is 4.79 Å². The van der Waals surface area contributed by atoms with E-state index in [1.54, 1.807) is 0 Å². The van der Waals surface area contributed by atoms with Gasteiger partial charge in [-0.05, 0) is 27.9 Å². The van der Waals surface area contributed by atoms with E-state index in [9.17, 15) is 4.79 Å². The third kappa shape index (κ3) is 5.32. The molecule has 0 bridgehead atoms. The van der Waals surface area contributed by atoms with Crippen molar-refractivity contribution in [2.45, 2.75) is 33.7 Å². The summed E-state index contributed by atoms with van der Waals surface area (Å²) in [6.07, 6.45) is 0.486. The normalized spacial score (nSPS) is 11.0. The number of nitrogens with zero attached hydrogens (tertiary/aromatic N) is 4. The summed E-state index contributed by atoms with van der Waals surface area (Å²) >= 11 is 0. The summed E-state index contributed by atoms with van der Waals surface area (Å²) in [5.41, 5.74) is 2.80. The van der Waals surface area contributed by atoms with E-state index < -0.39 is 0 Å². The van der Waals surface area contributed by atoms with Gasteiger partial charge in [0.05, 0.1) is 12.1 Å². The highest BCUT2D eigenvalue weighted by molar-refractivity contribution is 5.77. The van der Waals surface area contributed by atoms with E-state index in [2.05, 4.69) is 28.8 Å². The number of rotatable bonds is 10. The first-order chi connectivity index (χ1) is 13.0. The number of carbonyl (C=O) groups is 1. The van der Waals surface area contributed by atoms with Gasteiger partial charge < -0.3 is 19.2 Å². The van der Waals surface area contributed by atoms with Gasteiger partial charge in [0.25, 0.3) is 0 Å². The number of likely N-dealkylation sites (N-methyl/N-ethyl adjacent to an activating group) is 1. The van der Waals surface area contributed by atoms with E-state index in [0.29, 0.717) is 19.5 Å². The second-order valence-corrected chi connectivity index (χ2v) is 6.83. The number of anilines is 1. The van der Waals surface area contributed by atoms with Crippen LogP contribution in [-0.2, 0) is 11.3 Å². The molecule has 27 heavy (non-hydrogen) atoms. The Labute approximate surface area is 162 Å². The molecule has 0 atom stereocenters. The molecule has 0 fully saturated rings. The summed E-state index contributed by atoms with van der Waals surface area (Å²) < 4.78 is 5.76. The summed E-state index contributed by atoms with van der Waals surface area (Å²) in [5, 5.41) is 4.37. The molecule has 0 spiro atoms. The summed E-state index contributed by atoms with van der Waals surface area (Å²) in [6, 6.07) is 10.0. The monoisotopic (exact) mass is 372 g/mol. The molecule has 2 aromatic rings. The van der Waals surface area contributed by atoms with Crippen molar-refractivity contribution in [1.29, 1.82) is 0 Å². The number of hydrogen-bond acceptors (Lipinski definition) is 5. The third-order valence-corrected chi connectivity index (χ3v) is 4.69. The van der Waals surface area contributed by atoms with Crippen molar-refractivity contribution in [2.24, 2.45) is 0 Å². The van der Waals surface area contributed by atoms with E-state index >= 15 is 0 Å². The van der Waals surface area contributed by atoms with Gasteiger partial charge >= 0.3 is 0 Å². The second kappa shape index (κ2) is 10.1. The van der Waals surface area contributed by atoms with Gasteiger partial charge in [-0.25, -0.2) is 0 Å². The van der Waals surface area contributed by atoms with Crippen LogP contribution in [0.5, 0.6) is 0 Å². The van der Waals surface area contributed by atoms with E-state index in [4.69, 9.17) is 4.52 Å². The summed E-state index contributed by atoms with van der Waals surface area (Å²) in [4.78, 5) is 18.7. The lowest BCUT2D eigenvalue weighted by atomic mass is 10.1. The lowest BCUT2D eigenvalue weighted by Crippen LogP contribution is -2.36. The predicted molar refractivity (Wildman–Crippen MR) is 110 cm³/mol. The Morgan fingerprint density at radius 3 is 2.26 bits per heavy atom. The molecular formula is C21H32N4O2. The van der Waals surface area contributed by atoms with E-state index in [1.165, 1.54) is 0 Å². The highest BCUT2D eigenvalue weighted by atomic mass is 16.5. The van der Waals surface area contributed by atoms with E-state index in [1.807, 2.05) is 56.3 Å². The van der Waals surface area contributed by atoms with Crippen LogP contribution in [0.3, 0.4) is 0 Å². The number of aromatic nitrogens is 1. The Morgan fingerprint density at radius 1 is 1.04 bits per heavy atom. The van der Waals surface area contributed by atoms with Crippen molar-refractivity contribution >= 4 is 11.8 Å². The number of amides is 1. The first kappa shape index (κ1) is 21.0. The molecule has 0 aliphatic rings. The first-order valence-corrected chi connectivity index (χ1v) is 9.73. The fraction of sp³-hybridized carbons (Fsp3) is 0.524. The van der Waals surface area contributed by atoms with Crippen LogP contribution in [0.4, 0.5) is 5.88 Å². The zero-order valence-electron chi connectivity index (χ0n) is 17.2. The van der Waals surface area contributed by atoms with Gasteiger partial charge in [0.15, 0.2) is 0 Å². The highest BCUT2D eigenvalue weighted by Crippen LogP contribution is 2.32. The van der Waals surface area contributed by atoms with Crippen molar-refractivity contribution in [2.75, 3.05) is 45.2 Å². The summed E-state index contributed by atoms with van der Waals surface area (Å²) in [6.45, 7) is 9.74. The standard InChI is InChI=1S/C21H32N4O2/c1-6-19(26)25(15-14-23(4)5)16-18-20(17-12-10-9-11-13-17)22-27-21(18)24(7-2)8-3/h9-13H,6-8,14-16H2,1-5H3. The Balaban J connectivity index is 2.43. The van der Waals surface area contributed by atoms with Crippen molar-refractivity contribution in [1.82, 2.24) is 15.0 Å². The minimum atomic E-state index is 0.141. The SMILES string of the molecule is CCC(=O)N(CCN(C)C)Cc1c(-c2ccccc2)noc1N(CC)CC. The molecule has 6 nitrogen and oxygen atoms in total. The van der Waals surface area contributed by atoms with E-state index in [-0.39, 0.29) is 5.91 Å². The smallest absolute Gasteiger partial charge is 0.232 e. The van der Waals surface area contributed by atoms with Crippen molar-refractivity contribution in [3.05, 3.63) is 35.9 Å². The molecule has 1 heterocycles. The fourth-order valence-electron chi connectivity index (χ4n) is 3.05. The first-order valence-electron chi connectivity index (χ1n) is 9.73. The average molecular weight is 373 g/mol. The topological polar surface area (TPSA) is 52.8 Å². The van der Waals surface area contributed by atoms with Crippen LogP contribution in [0.1, 0.15) is 32.8 Å². The van der Waals surface area contributed by atoms with Crippen LogP contribution >= 0.6 is 0 Å². The zero-order chi connectivity index (χ0) is 19.8. The quantitative estimate of drug-likeness (QED) is 0.639. The van der Waals surface area contributed by atoms with Gasteiger partial charge in [0.1, 0.15) is 5.69 Å². The molecule has 0 unspecified atom stereocenters. The van der Waals surface area contributed by atoms with Gasteiger partial charge in [0, 0.05) is 38.2 Å². The Hall–Kier alpha value is -2.34. The summed E-state index contributed by atoms with van der Waals surface area (Å²) in [5.74, 6) is 0.903. The molecule has 1 amide bonds. The molecule has 2 rings (SSSR count). The lowest BCUT2D eigenvalue weighted by Gasteiger charge is -2.26. The summed E-state index contributed by atoms with van der Waals surface area (Å²) in [7, 11) is 4.04. The van der Waals surface area contributed by atoms with Gasteiger partial charge in [0.2, 0.25) is 11.8 Å². The molecule has 1 aromatic carbocycles. The molecule has 0 N–H and O–H groups in total. The molecule has 0 saturated heterocycles. The molecule has 0 radical (unpaired) electrons. The minimum absolute atomic E-state index is 0.141. The van der Waals surface area contributed by atoms with Gasteiger partial charge in [-0.15, -0.1) is 0 Å². The maximum atomic E-state index is 12.6. The van der Waals surface area contributed by atoms with E-state index in [0.717, 1.165) is 42.3 Å². The van der Waals surface area contributed by atoms with Crippen molar-refractivity contribution < 1.29 is 9.32 Å². The minimum Gasteiger partial charge on any atom is -0.341 e. The zero-order valence-corrected chi connectivity index (χ0v) is 17.2. The molecule has 0 aliphatic heterocycles. The van der Waals surface area contributed by atoms with Crippen LogP contribution < -0.4 is 4.90 Å². The number of benzene rings is 1. The van der Waals surface area contributed by atoms with Gasteiger partial charge in [-0.2, -0.15) is 0 Å². The molecular weight excluding hydrogens is 340 g/mol. The highest BCUT2D eigenvalue weighted by Gasteiger charge is 2.24. The van der Waals surface area contributed by atoms with Crippen LogP contribution in [0, 0.1) is 0 Å². The second-order valence-electron chi connectivity index (χ2n) is 6.83.